The number of amides is 1. The molecule has 0 aliphatic carbocycles. The molecule has 0 aliphatic rings. The molecule has 2 heterocycles. The lowest BCUT2D eigenvalue weighted by Gasteiger charge is -2.11. The quantitative estimate of drug-likeness (QED) is 0.242. The summed E-state index contributed by atoms with van der Waals surface area (Å²) in [7, 11) is 0. The first-order valence-corrected chi connectivity index (χ1v) is 13.1. The number of anilines is 1. The van der Waals surface area contributed by atoms with Crippen molar-refractivity contribution in [1.29, 1.82) is 0 Å². The van der Waals surface area contributed by atoms with Crippen molar-refractivity contribution in [1.82, 2.24) is 15.0 Å². The molecule has 6 aromatic rings. The molecule has 0 radical (unpaired) electrons. The number of aromatic nitrogens is 3. The zero-order valence-corrected chi connectivity index (χ0v) is 21.7. The van der Waals surface area contributed by atoms with Crippen LogP contribution in [-0.2, 0) is 9.53 Å². The Morgan fingerprint density at radius 2 is 1.38 bits per heavy atom. The molecule has 0 unspecified atom stereocenters. The Labute approximate surface area is 228 Å². The first-order chi connectivity index (χ1) is 19.0. The summed E-state index contributed by atoms with van der Waals surface area (Å²) in [5.41, 5.74) is 6.74. The van der Waals surface area contributed by atoms with Gasteiger partial charge >= 0.3 is 5.97 Å². The maximum atomic E-state index is 12.8. The van der Waals surface area contributed by atoms with E-state index in [0.29, 0.717) is 21.9 Å². The fraction of sp³-hybridized carbons (Fsp3) is 0.0645. The summed E-state index contributed by atoms with van der Waals surface area (Å²) >= 11 is 1.37. The molecule has 0 spiro atoms. The van der Waals surface area contributed by atoms with Crippen molar-refractivity contribution in [2.24, 2.45) is 0 Å². The van der Waals surface area contributed by atoms with Crippen LogP contribution >= 0.6 is 11.3 Å². The van der Waals surface area contributed by atoms with Crippen LogP contribution in [-0.4, -0.2) is 33.4 Å². The van der Waals surface area contributed by atoms with Gasteiger partial charge in [-0.2, -0.15) is 0 Å². The van der Waals surface area contributed by atoms with Crippen LogP contribution in [0, 0.1) is 6.92 Å². The number of esters is 1. The Morgan fingerprint density at radius 3 is 2.08 bits per heavy atom. The SMILES string of the molecule is Cc1ccc2nc(NC(=O)COC(=O)c3ccc4nc(-c5ccccc5)c(-c5ccccc5)nc4c3)sc2c1. The number of thiazole rings is 1. The second kappa shape index (κ2) is 10.4. The molecule has 0 bridgehead atoms. The van der Waals surface area contributed by atoms with Crippen LogP contribution in [0.2, 0.25) is 0 Å². The highest BCUT2D eigenvalue weighted by atomic mass is 32.1. The summed E-state index contributed by atoms with van der Waals surface area (Å²) in [4.78, 5) is 39.4. The van der Waals surface area contributed by atoms with Crippen LogP contribution in [0.25, 0.3) is 43.8 Å². The van der Waals surface area contributed by atoms with Gasteiger partial charge in [0, 0.05) is 11.1 Å². The third-order valence-corrected chi connectivity index (χ3v) is 7.05. The van der Waals surface area contributed by atoms with Gasteiger partial charge in [0.05, 0.1) is 38.2 Å². The van der Waals surface area contributed by atoms with Crippen molar-refractivity contribution < 1.29 is 14.3 Å². The van der Waals surface area contributed by atoms with Crippen LogP contribution in [0.15, 0.2) is 97.1 Å². The van der Waals surface area contributed by atoms with E-state index in [0.717, 1.165) is 32.6 Å². The van der Waals surface area contributed by atoms with E-state index in [1.165, 1.54) is 11.3 Å². The maximum absolute atomic E-state index is 12.8. The lowest BCUT2D eigenvalue weighted by Crippen LogP contribution is -2.20. The van der Waals surface area contributed by atoms with Gasteiger partial charge in [-0.25, -0.2) is 19.7 Å². The zero-order chi connectivity index (χ0) is 26.8. The normalized spacial score (nSPS) is 11.0. The minimum Gasteiger partial charge on any atom is -0.452 e. The van der Waals surface area contributed by atoms with E-state index >= 15 is 0 Å². The molecule has 4 aromatic carbocycles. The first kappa shape index (κ1) is 24.4. The van der Waals surface area contributed by atoms with Gasteiger partial charge in [-0.1, -0.05) is 78.1 Å². The predicted octanol–water partition coefficient (Wildman–Crippen LogP) is 6.68. The molecule has 6 rings (SSSR count). The molecule has 1 amide bonds. The molecule has 1 N–H and O–H groups in total. The van der Waals surface area contributed by atoms with Crippen molar-refractivity contribution in [3.05, 3.63) is 108 Å². The number of nitrogens with one attached hydrogen (secondary N) is 1. The highest BCUT2D eigenvalue weighted by molar-refractivity contribution is 7.22. The number of nitrogens with zero attached hydrogens (tertiary/aromatic N) is 3. The smallest absolute Gasteiger partial charge is 0.338 e. The van der Waals surface area contributed by atoms with Crippen LogP contribution in [0.3, 0.4) is 0 Å². The van der Waals surface area contributed by atoms with E-state index in [1.807, 2.05) is 85.8 Å². The third kappa shape index (κ3) is 5.23. The van der Waals surface area contributed by atoms with E-state index in [9.17, 15) is 9.59 Å². The van der Waals surface area contributed by atoms with Crippen molar-refractivity contribution in [3.8, 4) is 22.5 Å². The second-order valence-electron chi connectivity index (χ2n) is 8.97. The number of aryl methyl sites for hydroxylation is 1. The molecule has 0 aliphatic heterocycles. The number of benzene rings is 4. The number of rotatable bonds is 6. The lowest BCUT2D eigenvalue weighted by molar-refractivity contribution is -0.119. The summed E-state index contributed by atoms with van der Waals surface area (Å²) < 4.78 is 6.27. The Hall–Kier alpha value is -4.95. The third-order valence-electron chi connectivity index (χ3n) is 6.12. The summed E-state index contributed by atoms with van der Waals surface area (Å²) in [6.45, 7) is 1.57. The van der Waals surface area contributed by atoms with Gasteiger partial charge in [0.25, 0.3) is 5.91 Å². The standard InChI is InChI=1S/C31H22N4O3S/c1-19-12-14-24-26(16-19)39-31(34-24)35-27(36)18-38-30(37)22-13-15-23-25(17-22)33-29(21-10-6-3-7-11-21)28(32-23)20-8-4-2-5-9-20/h2-17H,18H2,1H3,(H,34,35,36). The number of carbonyl (C=O) groups excluding carboxylic acids is 2. The average Bonchev–Trinajstić information content (AvgIpc) is 3.37. The summed E-state index contributed by atoms with van der Waals surface area (Å²) in [5, 5.41) is 3.16. The topological polar surface area (TPSA) is 94.1 Å². The number of hydrogen-bond donors (Lipinski definition) is 1. The molecule has 0 atom stereocenters. The molecule has 0 saturated carbocycles. The number of hydrogen-bond acceptors (Lipinski definition) is 7. The Balaban J connectivity index is 1.22. The highest BCUT2D eigenvalue weighted by Gasteiger charge is 2.16. The van der Waals surface area contributed by atoms with Gasteiger partial charge < -0.3 is 4.74 Å². The average molecular weight is 531 g/mol. The number of carbonyl (C=O) groups is 2. The Kier molecular flexibility index (Phi) is 6.52. The molecule has 2 aromatic heterocycles. The van der Waals surface area contributed by atoms with Gasteiger partial charge in [-0.3, -0.25) is 10.1 Å². The summed E-state index contributed by atoms with van der Waals surface area (Å²) in [6.07, 6.45) is 0. The zero-order valence-electron chi connectivity index (χ0n) is 20.9. The number of fused-ring (bicyclic) bond motifs is 2. The van der Waals surface area contributed by atoms with Gasteiger partial charge in [0.2, 0.25) is 0 Å². The molecule has 8 heteroatoms. The van der Waals surface area contributed by atoms with Crippen LogP contribution in [0.4, 0.5) is 5.13 Å². The van der Waals surface area contributed by atoms with E-state index in [2.05, 4.69) is 10.3 Å². The van der Waals surface area contributed by atoms with Crippen LogP contribution < -0.4 is 5.32 Å². The van der Waals surface area contributed by atoms with Gasteiger partial charge in [0.1, 0.15) is 0 Å². The van der Waals surface area contributed by atoms with E-state index in [4.69, 9.17) is 14.7 Å². The molecule has 7 nitrogen and oxygen atoms in total. The largest absolute Gasteiger partial charge is 0.452 e. The van der Waals surface area contributed by atoms with Gasteiger partial charge in [-0.15, -0.1) is 0 Å². The number of ether oxygens (including phenoxy) is 1. The minimum absolute atomic E-state index is 0.284. The van der Waals surface area contributed by atoms with Crippen LogP contribution in [0.5, 0.6) is 0 Å². The molecule has 0 saturated heterocycles. The Bertz CT molecular complexity index is 1840. The van der Waals surface area contributed by atoms with Gasteiger partial charge in [-0.05, 0) is 42.8 Å². The van der Waals surface area contributed by atoms with E-state index in [-0.39, 0.29) is 5.56 Å². The maximum Gasteiger partial charge on any atom is 0.338 e. The van der Waals surface area contributed by atoms with Crippen molar-refractivity contribution in [3.63, 3.8) is 0 Å². The fourth-order valence-electron chi connectivity index (χ4n) is 4.23. The molecular weight excluding hydrogens is 508 g/mol. The minimum atomic E-state index is -0.623. The molecule has 190 valence electrons. The van der Waals surface area contributed by atoms with Crippen molar-refractivity contribution in [2.45, 2.75) is 6.92 Å². The van der Waals surface area contributed by atoms with Gasteiger partial charge in [0.15, 0.2) is 11.7 Å². The second-order valence-corrected chi connectivity index (χ2v) is 10.0. The van der Waals surface area contributed by atoms with Crippen LogP contribution in [0.1, 0.15) is 15.9 Å². The van der Waals surface area contributed by atoms with Crippen molar-refractivity contribution >= 4 is 49.6 Å². The van der Waals surface area contributed by atoms with Crippen molar-refractivity contribution in [2.75, 3.05) is 11.9 Å². The molecule has 39 heavy (non-hydrogen) atoms. The highest BCUT2D eigenvalue weighted by Crippen LogP contribution is 2.31. The fourth-order valence-corrected chi connectivity index (χ4v) is 5.21. The Morgan fingerprint density at radius 1 is 0.744 bits per heavy atom. The molecule has 0 fully saturated rings. The molecular formula is C31H22N4O3S. The lowest BCUT2D eigenvalue weighted by atomic mass is 10.0. The van der Waals surface area contributed by atoms with E-state index < -0.39 is 18.5 Å². The monoisotopic (exact) mass is 530 g/mol. The first-order valence-electron chi connectivity index (χ1n) is 12.3. The predicted molar refractivity (Wildman–Crippen MR) is 154 cm³/mol. The summed E-state index contributed by atoms with van der Waals surface area (Å²) in [6, 6.07) is 30.6. The summed E-state index contributed by atoms with van der Waals surface area (Å²) in [5.74, 6) is -1.08. The van der Waals surface area contributed by atoms with E-state index in [1.54, 1.807) is 18.2 Å².